The Bertz CT molecular complexity index is 601. The third-order valence-corrected chi connectivity index (χ3v) is 3.42. The minimum atomic E-state index is -0.854. The Kier molecular flexibility index (Phi) is 6.13. The molecule has 0 fully saturated rings. The van der Waals surface area contributed by atoms with E-state index < -0.39 is 12.1 Å². The minimum Gasteiger partial charge on any atom is -0.497 e. The maximum Gasteiger partial charge on any atom is 0.262 e. The van der Waals surface area contributed by atoms with E-state index in [1.165, 1.54) is 0 Å². The average Bonchev–Trinajstić information content (AvgIpc) is 2.56. The molecule has 4 N–H and O–H groups in total. The summed E-state index contributed by atoms with van der Waals surface area (Å²) in [5, 5.41) is 2.52. The summed E-state index contributed by atoms with van der Waals surface area (Å²) in [6.45, 7) is -0.146. The second-order valence-corrected chi connectivity index (χ2v) is 5.13. The number of hydrogen-bond acceptors (Lipinski definition) is 5. The van der Waals surface area contributed by atoms with Crippen molar-refractivity contribution in [3.05, 3.63) is 35.4 Å². The van der Waals surface area contributed by atoms with Gasteiger partial charge in [0, 0.05) is 12.0 Å². The summed E-state index contributed by atoms with van der Waals surface area (Å²) in [5.74, 6) is 0.0156. The van der Waals surface area contributed by atoms with E-state index in [0.29, 0.717) is 24.2 Å². The molecule has 0 saturated heterocycles. The number of amides is 2. The van der Waals surface area contributed by atoms with Crippen LogP contribution < -0.4 is 21.3 Å². The number of methoxy groups -OCH3 is 1. The molecule has 2 amide bonds. The highest BCUT2D eigenvalue weighted by molar-refractivity contribution is 5.84. The molecule has 1 aliphatic heterocycles. The van der Waals surface area contributed by atoms with Crippen LogP contribution in [0.1, 0.15) is 36.6 Å². The molecule has 0 radical (unpaired) electrons. The highest BCUT2D eigenvalue weighted by atomic mass is 16.7. The predicted octanol–water partition coefficient (Wildman–Crippen LogP) is 1.01. The molecule has 1 aromatic rings. The fourth-order valence-corrected chi connectivity index (χ4v) is 2.16. The number of hydroxylamine groups is 1. The number of carbonyl (C=O) groups is 2. The van der Waals surface area contributed by atoms with Gasteiger partial charge in [-0.3, -0.25) is 9.59 Å². The molecule has 0 aromatic heterocycles. The van der Waals surface area contributed by atoms with E-state index in [0.717, 1.165) is 12.0 Å². The Hall–Kier alpha value is -2.38. The summed E-state index contributed by atoms with van der Waals surface area (Å²) in [7, 11) is 1.57. The number of carbonyl (C=O) groups excluding carboxylic acids is 2. The topological polar surface area (TPSA) is 103 Å². The van der Waals surface area contributed by atoms with E-state index in [2.05, 4.69) is 10.8 Å². The monoisotopic (exact) mass is 319 g/mol. The number of rotatable bonds is 1. The lowest BCUT2D eigenvalue weighted by atomic mass is 10.0. The van der Waals surface area contributed by atoms with Crippen LogP contribution in [0.5, 0.6) is 5.75 Å². The maximum absolute atomic E-state index is 11.6. The molecule has 124 valence electrons. The average molecular weight is 319 g/mol. The maximum atomic E-state index is 11.6. The second-order valence-electron chi connectivity index (χ2n) is 5.13. The SMILES string of the molecule is COc1ccc2c(c1)C(N)ONC(=O)CNC(=O)CCCC=C2. The Labute approximate surface area is 134 Å². The van der Waals surface area contributed by atoms with Gasteiger partial charge in [0.2, 0.25) is 5.91 Å². The second kappa shape index (κ2) is 8.30. The molecule has 1 aromatic carbocycles. The molecule has 0 saturated carbocycles. The van der Waals surface area contributed by atoms with Gasteiger partial charge < -0.3 is 15.8 Å². The van der Waals surface area contributed by atoms with Crippen molar-refractivity contribution in [1.82, 2.24) is 10.8 Å². The van der Waals surface area contributed by atoms with Crippen LogP contribution in [0.4, 0.5) is 0 Å². The molecular formula is C16H21N3O4. The number of fused-ring (bicyclic) bond motifs is 1. The first-order chi connectivity index (χ1) is 11.1. The zero-order chi connectivity index (χ0) is 16.7. The van der Waals surface area contributed by atoms with Gasteiger partial charge in [0.25, 0.3) is 5.91 Å². The highest BCUT2D eigenvalue weighted by Gasteiger charge is 2.14. The third-order valence-electron chi connectivity index (χ3n) is 3.42. The zero-order valence-corrected chi connectivity index (χ0v) is 13.0. The smallest absolute Gasteiger partial charge is 0.262 e. The number of benzene rings is 1. The van der Waals surface area contributed by atoms with E-state index in [4.69, 9.17) is 15.3 Å². The Morgan fingerprint density at radius 3 is 2.91 bits per heavy atom. The summed E-state index contributed by atoms with van der Waals surface area (Å²) in [5.41, 5.74) is 9.80. The molecule has 1 unspecified atom stereocenters. The van der Waals surface area contributed by atoms with E-state index >= 15 is 0 Å². The van der Waals surface area contributed by atoms with Gasteiger partial charge in [-0.2, -0.15) is 0 Å². The first-order valence-electron chi connectivity index (χ1n) is 7.41. The lowest BCUT2D eigenvalue weighted by Gasteiger charge is -2.17. The van der Waals surface area contributed by atoms with Crippen molar-refractivity contribution in [3.8, 4) is 5.75 Å². The van der Waals surface area contributed by atoms with Crippen LogP contribution in [0, 0.1) is 0 Å². The van der Waals surface area contributed by atoms with E-state index in [-0.39, 0.29) is 12.5 Å². The molecule has 1 atom stereocenters. The molecular weight excluding hydrogens is 298 g/mol. The van der Waals surface area contributed by atoms with Crippen LogP contribution in [-0.4, -0.2) is 25.5 Å². The van der Waals surface area contributed by atoms with E-state index in [1.54, 1.807) is 13.2 Å². The van der Waals surface area contributed by atoms with Crippen LogP contribution >= 0.6 is 0 Å². The zero-order valence-electron chi connectivity index (χ0n) is 13.0. The Morgan fingerprint density at radius 2 is 2.13 bits per heavy atom. The lowest BCUT2D eigenvalue weighted by Crippen LogP contribution is -2.38. The quantitative estimate of drug-likeness (QED) is 0.717. The Balaban J connectivity index is 2.23. The van der Waals surface area contributed by atoms with Gasteiger partial charge in [-0.25, -0.2) is 10.3 Å². The van der Waals surface area contributed by atoms with E-state index in [9.17, 15) is 9.59 Å². The Morgan fingerprint density at radius 1 is 1.30 bits per heavy atom. The van der Waals surface area contributed by atoms with Gasteiger partial charge in [0.15, 0.2) is 6.23 Å². The molecule has 1 heterocycles. The van der Waals surface area contributed by atoms with Crippen molar-refractivity contribution in [3.63, 3.8) is 0 Å². The first kappa shape index (κ1) is 17.0. The van der Waals surface area contributed by atoms with Gasteiger partial charge in [-0.1, -0.05) is 18.2 Å². The van der Waals surface area contributed by atoms with Crippen LogP contribution in [0.15, 0.2) is 24.3 Å². The molecule has 7 nitrogen and oxygen atoms in total. The molecule has 0 spiro atoms. The fourth-order valence-electron chi connectivity index (χ4n) is 2.16. The summed E-state index contributed by atoms with van der Waals surface area (Å²) < 4.78 is 5.20. The fraction of sp³-hybridized carbons (Fsp3) is 0.375. The molecule has 1 aliphatic rings. The summed E-state index contributed by atoms with van der Waals surface area (Å²) >= 11 is 0. The van der Waals surface area contributed by atoms with Crippen molar-refractivity contribution in [2.24, 2.45) is 5.73 Å². The van der Waals surface area contributed by atoms with Crippen molar-refractivity contribution < 1.29 is 19.2 Å². The van der Waals surface area contributed by atoms with Crippen molar-refractivity contribution in [2.75, 3.05) is 13.7 Å². The lowest BCUT2D eigenvalue weighted by molar-refractivity contribution is -0.139. The van der Waals surface area contributed by atoms with Gasteiger partial charge in [-0.05, 0) is 30.5 Å². The number of nitrogens with two attached hydrogens (primary N) is 1. The first-order valence-corrected chi connectivity index (χ1v) is 7.41. The third kappa shape index (κ3) is 5.08. The molecule has 23 heavy (non-hydrogen) atoms. The van der Waals surface area contributed by atoms with Gasteiger partial charge in [0.1, 0.15) is 5.75 Å². The van der Waals surface area contributed by atoms with Crippen LogP contribution in [-0.2, 0) is 14.4 Å². The number of hydrogen-bond donors (Lipinski definition) is 3. The van der Waals surface area contributed by atoms with Crippen molar-refractivity contribution in [2.45, 2.75) is 25.5 Å². The minimum absolute atomic E-state index is 0.146. The summed E-state index contributed by atoms with van der Waals surface area (Å²) in [6.07, 6.45) is 4.87. The van der Waals surface area contributed by atoms with Crippen LogP contribution in [0.2, 0.25) is 0 Å². The van der Waals surface area contributed by atoms with Gasteiger partial charge in [-0.15, -0.1) is 0 Å². The molecule has 0 bridgehead atoms. The predicted molar refractivity (Wildman–Crippen MR) is 85.0 cm³/mol. The normalized spacial score (nSPS) is 20.0. The molecule has 7 heteroatoms. The van der Waals surface area contributed by atoms with E-state index in [1.807, 2.05) is 24.3 Å². The highest BCUT2D eigenvalue weighted by Crippen LogP contribution is 2.24. The number of allylic oxidation sites excluding steroid dienone is 1. The largest absolute Gasteiger partial charge is 0.497 e. The van der Waals surface area contributed by atoms with Gasteiger partial charge >= 0.3 is 0 Å². The number of nitrogens with one attached hydrogen (secondary N) is 2. The standard InChI is InChI=1S/C16H21N3O4/c1-22-12-8-7-11-5-3-2-4-6-14(20)18-10-15(21)19-23-16(17)13(11)9-12/h3,5,7-9,16H,2,4,6,10,17H2,1H3,(H,18,20)(H,19,21). The summed E-state index contributed by atoms with van der Waals surface area (Å²) in [6, 6.07) is 5.46. The summed E-state index contributed by atoms with van der Waals surface area (Å²) in [4.78, 5) is 28.4. The van der Waals surface area contributed by atoms with Crippen LogP contribution in [0.3, 0.4) is 0 Å². The van der Waals surface area contributed by atoms with Crippen molar-refractivity contribution >= 4 is 17.9 Å². The van der Waals surface area contributed by atoms with Crippen molar-refractivity contribution in [1.29, 1.82) is 0 Å². The number of ether oxygens (including phenoxy) is 1. The molecule has 2 rings (SSSR count). The van der Waals surface area contributed by atoms with Crippen LogP contribution in [0.25, 0.3) is 6.08 Å². The van der Waals surface area contributed by atoms with Gasteiger partial charge in [0.05, 0.1) is 13.7 Å². The molecule has 0 aliphatic carbocycles.